The molecule has 1 fully saturated rings. The summed E-state index contributed by atoms with van der Waals surface area (Å²) >= 11 is 1.85. The Hall–Kier alpha value is -0.450. The van der Waals surface area contributed by atoms with E-state index < -0.39 is 0 Å². The van der Waals surface area contributed by atoms with Crippen LogP contribution in [0.4, 0.5) is 0 Å². The fourth-order valence-corrected chi connectivity index (χ4v) is 2.58. The van der Waals surface area contributed by atoms with Crippen LogP contribution in [0.3, 0.4) is 0 Å². The van der Waals surface area contributed by atoms with Gasteiger partial charge < -0.3 is 5.32 Å². The zero-order chi connectivity index (χ0) is 10.8. The van der Waals surface area contributed by atoms with Crippen molar-refractivity contribution in [3.63, 3.8) is 0 Å². The molecule has 0 unspecified atom stereocenters. The highest BCUT2D eigenvalue weighted by molar-refractivity contribution is 7.11. The topological polar surface area (TPSA) is 28.2 Å². The molecule has 0 aromatic carbocycles. The first-order valence-corrected chi connectivity index (χ1v) is 6.34. The number of hydrogen-bond acceptors (Lipinski definition) is 4. The van der Waals surface area contributed by atoms with Gasteiger partial charge in [-0.15, -0.1) is 11.3 Å². The Balaban J connectivity index is 1.91. The predicted molar refractivity (Wildman–Crippen MR) is 64.3 cm³/mol. The molecule has 1 N–H and O–H groups in total. The lowest BCUT2D eigenvalue weighted by molar-refractivity contribution is 0.173. The van der Waals surface area contributed by atoms with E-state index in [4.69, 9.17) is 0 Å². The van der Waals surface area contributed by atoms with Crippen LogP contribution in [0.1, 0.15) is 29.7 Å². The highest BCUT2D eigenvalue weighted by Crippen LogP contribution is 2.23. The average molecular weight is 225 g/mol. The molecule has 1 aliphatic heterocycles. The fourth-order valence-electron chi connectivity index (χ4n) is 1.59. The number of aromatic nitrogens is 1. The van der Waals surface area contributed by atoms with Crippen LogP contribution in [0.2, 0.25) is 0 Å². The molecule has 15 heavy (non-hydrogen) atoms. The second-order valence-electron chi connectivity index (χ2n) is 4.54. The molecule has 1 aromatic heterocycles. The van der Waals surface area contributed by atoms with Crippen LogP contribution in [-0.4, -0.2) is 36.1 Å². The molecule has 0 radical (unpaired) electrons. The highest BCUT2D eigenvalue weighted by Gasteiger charge is 2.22. The van der Waals surface area contributed by atoms with E-state index in [1.807, 2.05) is 17.5 Å². The van der Waals surface area contributed by atoms with E-state index in [1.54, 1.807) is 0 Å². The number of rotatable bonds is 4. The Morgan fingerprint density at radius 2 is 2.33 bits per heavy atom. The zero-order valence-electron chi connectivity index (χ0n) is 9.66. The largest absolute Gasteiger partial charge is 0.314 e. The third-order valence-electron chi connectivity index (χ3n) is 2.91. The van der Waals surface area contributed by atoms with E-state index in [9.17, 15) is 0 Å². The van der Waals surface area contributed by atoms with Gasteiger partial charge in [0.1, 0.15) is 5.01 Å². The second kappa shape index (κ2) is 4.60. The van der Waals surface area contributed by atoms with E-state index in [0.29, 0.717) is 12.0 Å². The Morgan fingerprint density at radius 1 is 1.60 bits per heavy atom. The summed E-state index contributed by atoms with van der Waals surface area (Å²) in [5.41, 5.74) is 0. The summed E-state index contributed by atoms with van der Waals surface area (Å²) in [6.07, 6.45) is 2.03. The zero-order valence-corrected chi connectivity index (χ0v) is 10.5. The van der Waals surface area contributed by atoms with Gasteiger partial charge in [0.05, 0.1) is 6.54 Å². The van der Waals surface area contributed by atoms with Crippen LogP contribution in [0.15, 0.2) is 6.20 Å². The van der Waals surface area contributed by atoms with Crippen molar-refractivity contribution in [3.05, 3.63) is 16.1 Å². The minimum atomic E-state index is 0.604. The molecule has 1 saturated heterocycles. The Bertz CT molecular complexity index is 317. The monoisotopic (exact) mass is 225 g/mol. The van der Waals surface area contributed by atoms with Gasteiger partial charge in [-0.25, -0.2) is 4.98 Å². The van der Waals surface area contributed by atoms with E-state index >= 15 is 0 Å². The Labute approximate surface area is 95.5 Å². The number of nitrogens with zero attached hydrogens (tertiary/aromatic N) is 2. The lowest BCUT2D eigenvalue weighted by atomic mass is 10.1. The van der Waals surface area contributed by atoms with Crippen LogP contribution in [0, 0.1) is 0 Å². The Morgan fingerprint density at radius 3 is 2.80 bits per heavy atom. The van der Waals surface area contributed by atoms with Gasteiger partial charge in [-0.05, 0) is 13.0 Å². The number of hydrogen-bond donors (Lipinski definition) is 1. The maximum atomic E-state index is 4.47. The second-order valence-corrected chi connectivity index (χ2v) is 5.69. The van der Waals surface area contributed by atoms with Gasteiger partial charge in [-0.2, -0.15) is 0 Å². The number of thiazole rings is 1. The quantitative estimate of drug-likeness (QED) is 0.845. The van der Waals surface area contributed by atoms with Crippen molar-refractivity contribution in [1.82, 2.24) is 15.2 Å². The normalized spacial score (nSPS) is 17.4. The third kappa shape index (κ3) is 2.56. The smallest absolute Gasteiger partial charge is 0.107 e. The van der Waals surface area contributed by atoms with Crippen molar-refractivity contribution in [2.24, 2.45) is 0 Å². The molecule has 0 atom stereocenters. The lowest BCUT2D eigenvalue weighted by Gasteiger charge is -2.35. The molecule has 2 heterocycles. The van der Waals surface area contributed by atoms with E-state index in [-0.39, 0.29) is 0 Å². The summed E-state index contributed by atoms with van der Waals surface area (Å²) in [7, 11) is 2.18. The summed E-state index contributed by atoms with van der Waals surface area (Å²) < 4.78 is 0. The molecular formula is C11H19N3S. The molecule has 0 amide bonds. The molecule has 0 spiro atoms. The summed E-state index contributed by atoms with van der Waals surface area (Å²) in [6, 6.07) is 0.705. The van der Waals surface area contributed by atoms with Crippen molar-refractivity contribution in [3.8, 4) is 0 Å². The summed E-state index contributed by atoms with van der Waals surface area (Å²) in [6.45, 7) is 7.68. The summed E-state index contributed by atoms with van der Waals surface area (Å²) in [5, 5.41) is 4.54. The lowest BCUT2D eigenvalue weighted by Crippen LogP contribution is -2.55. The van der Waals surface area contributed by atoms with E-state index in [1.165, 1.54) is 9.88 Å². The molecule has 0 saturated carbocycles. The van der Waals surface area contributed by atoms with Crippen molar-refractivity contribution < 1.29 is 0 Å². The molecule has 2 rings (SSSR count). The number of nitrogens with one attached hydrogen (secondary N) is 1. The SMILES string of the molecule is CC(C)c1cnc(CN(C)C2CNC2)s1. The van der Waals surface area contributed by atoms with Crippen LogP contribution >= 0.6 is 11.3 Å². The minimum Gasteiger partial charge on any atom is -0.314 e. The van der Waals surface area contributed by atoms with Crippen LogP contribution in [0.5, 0.6) is 0 Å². The van der Waals surface area contributed by atoms with Crippen molar-refractivity contribution >= 4 is 11.3 Å². The van der Waals surface area contributed by atoms with Crippen molar-refractivity contribution in [2.75, 3.05) is 20.1 Å². The molecule has 0 aliphatic carbocycles. The van der Waals surface area contributed by atoms with Gasteiger partial charge in [-0.3, -0.25) is 4.90 Å². The molecule has 84 valence electrons. The minimum absolute atomic E-state index is 0.604. The summed E-state index contributed by atoms with van der Waals surface area (Å²) in [5.74, 6) is 0.604. The maximum absolute atomic E-state index is 4.47. The first kappa shape index (κ1) is 11.0. The van der Waals surface area contributed by atoms with E-state index in [0.717, 1.165) is 19.6 Å². The third-order valence-corrected chi connectivity index (χ3v) is 4.19. The van der Waals surface area contributed by atoms with Gasteiger partial charge in [0.25, 0.3) is 0 Å². The van der Waals surface area contributed by atoms with Crippen LogP contribution in [-0.2, 0) is 6.54 Å². The van der Waals surface area contributed by atoms with Crippen molar-refractivity contribution in [1.29, 1.82) is 0 Å². The predicted octanol–water partition coefficient (Wildman–Crippen LogP) is 1.67. The standard InChI is InChI=1S/C11H19N3S/c1-8(2)10-6-13-11(15-10)7-14(3)9-4-12-5-9/h6,8-9,12H,4-5,7H2,1-3H3. The molecule has 1 aliphatic rings. The van der Waals surface area contributed by atoms with Gasteiger partial charge >= 0.3 is 0 Å². The van der Waals surface area contributed by atoms with E-state index in [2.05, 4.69) is 36.1 Å². The molecule has 0 bridgehead atoms. The number of likely N-dealkylation sites (N-methyl/N-ethyl adjacent to an activating group) is 1. The molecule has 1 aromatic rings. The Kier molecular flexibility index (Phi) is 3.38. The first-order chi connectivity index (χ1) is 7.16. The van der Waals surface area contributed by atoms with Gasteiger partial charge in [0.15, 0.2) is 0 Å². The summed E-state index contributed by atoms with van der Waals surface area (Å²) in [4.78, 5) is 8.26. The fraction of sp³-hybridized carbons (Fsp3) is 0.727. The molecular weight excluding hydrogens is 206 g/mol. The molecule has 4 heteroatoms. The van der Waals surface area contributed by atoms with Gasteiger partial charge in [0.2, 0.25) is 0 Å². The van der Waals surface area contributed by atoms with Gasteiger partial charge in [-0.1, -0.05) is 13.8 Å². The molecule has 3 nitrogen and oxygen atoms in total. The first-order valence-electron chi connectivity index (χ1n) is 5.52. The highest BCUT2D eigenvalue weighted by atomic mass is 32.1. The average Bonchev–Trinajstić information content (AvgIpc) is 2.48. The van der Waals surface area contributed by atoms with Crippen molar-refractivity contribution in [2.45, 2.75) is 32.4 Å². The van der Waals surface area contributed by atoms with Crippen LogP contribution in [0.25, 0.3) is 0 Å². The van der Waals surface area contributed by atoms with Gasteiger partial charge in [0, 0.05) is 30.2 Å². The van der Waals surface area contributed by atoms with Crippen LogP contribution < -0.4 is 5.32 Å². The maximum Gasteiger partial charge on any atom is 0.107 e.